The molecular formula is C17H20BrNO. The van der Waals surface area contributed by atoms with Crippen LogP contribution in [0.3, 0.4) is 0 Å². The lowest BCUT2D eigenvalue weighted by Crippen LogP contribution is -2.11. The second-order valence-corrected chi connectivity index (χ2v) is 6.53. The highest BCUT2D eigenvalue weighted by atomic mass is 79.9. The maximum absolute atomic E-state index is 5.85. The SMILES string of the molecule is Cc1cc(C(C)(C)C)ccc1Oc1ccc(CBr)cn1. The summed E-state index contributed by atoms with van der Waals surface area (Å²) in [5, 5.41) is 0.805. The summed E-state index contributed by atoms with van der Waals surface area (Å²) in [6.45, 7) is 8.70. The standard InChI is InChI=1S/C17H20BrNO/c1-12-9-14(17(2,3)4)6-7-15(12)20-16-8-5-13(10-18)11-19-16/h5-9,11H,10H2,1-4H3. The van der Waals surface area contributed by atoms with Crippen molar-refractivity contribution in [1.29, 1.82) is 0 Å². The van der Waals surface area contributed by atoms with Gasteiger partial charge in [-0.25, -0.2) is 4.98 Å². The summed E-state index contributed by atoms with van der Waals surface area (Å²) in [5.74, 6) is 1.48. The highest BCUT2D eigenvalue weighted by Gasteiger charge is 2.15. The van der Waals surface area contributed by atoms with Crippen molar-refractivity contribution in [3.8, 4) is 11.6 Å². The quantitative estimate of drug-likeness (QED) is 0.704. The first-order valence-corrected chi connectivity index (χ1v) is 7.82. The van der Waals surface area contributed by atoms with Gasteiger partial charge >= 0.3 is 0 Å². The lowest BCUT2D eigenvalue weighted by molar-refractivity contribution is 0.458. The van der Waals surface area contributed by atoms with Crippen LogP contribution in [0.4, 0.5) is 0 Å². The molecule has 0 N–H and O–H groups in total. The van der Waals surface area contributed by atoms with Crippen LogP contribution in [0, 0.1) is 6.92 Å². The lowest BCUT2D eigenvalue weighted by Gasteiger charge is -2.20. The molecule has 0 aliphatic heterocycles. The molecule has 1 aromatic carbocycles. The van der Waals surface area contributed by atoms with Gasteiger partial charge in [-0.2, -0.15) is 0 Å². The Labute approximate surface area is 129 Å². The Hall–Kier alpha value is -1.35. The first kappa shape index (κ1) is 15.0. The summed E-state index contributed by atoms with van der Waals surface area (Å²) >= 11 is 3.41. The smallest absolute Gasteiger partial charge is 0.219 e. The number of pyridine rings is 1. The summed E-state index contributed by atoms with van der Waals surface area (Å²) in [4.78, 5) is 4.30. The zero-order chi connectivity index (χ0) is 14.8. The molecule has 0 saturated heterocycles. The van der Waals surface area contributed by atoms with Crippen molar-refractivity contribution in [2.24, 2.45) is 0 Å². The predicted molar refractivity (Wildman–Crippen MR) is 86.8 cm³/mol. The van der Waals surface area contributed by atoms with Gasteiger partial charge in [0, 0.05) is 17.6 Å². The molecule has 0 unspecified atom stereocenters. The summed E-state index contributed by atoms with van der Waals surface area (Å²) in [6, 6.07) is 10.2. The van der Waals surface area contributed by atoms with Crippen molar-refractivity contribution >= 4 is 15.9 Å². The van der Waals surface area contributed by atoms with E-state index in [2.05, 4.69) is 60.7 Å². The molecule has 0 aliphatic carbocycles. The third-order valence-electron chi connectivity index (χ3n) is 3.21. The fourth-order valence-electron chi connectivity index (χ4n) is 1.89. The number of aryl methyl sites for hydroxylation is 1. The second kappa shape index (κ2) is 5.96. The van der Waals surface area contributed by atoms with E-state index in [1.165, 1.54) is 5.56 Å². The van der Waals surface area contributed by atoms with E-state index in [1.54, 1.807) is 0 Å². The molecule has 0 spiro atoms. The maximum atomic E-state index is 5.85. The number of aromatic nitrogens is 1. The molecule has 1 aromatic heterocycles. The Balaban J connectivity index is 2.21. The van der Waals surface area contributed by atoms with Gasteiger partial charge in [0.15, 0.2) is 0 Å². The van der Waals surface area contributed by atoms with Crippen LogP contribution in [0.15, 0.2) is 36.5 Å². The highest BCUT2D eigenvalue weighted by Crippen LogP contribution is 2.29. The van der Waals surface area contributed by atoms with Crippen LogP contribution < -0.4 is 4.74 Å². The van der Waals surface area contributed by atoms with E-state index in [0.717, 1.165) is 22.2 Å². The van der Waals surface area contributed by atoms with Gasteiger partial charge in [-0.05, 0) is 35.1 Å². The van der Waals surface area contributed by atoms with Gasteiger partial charge in [-0.3, -0.25) is 0 Å². The number of ether oxygens (including phenoxy) is 1. The van der Waals surface area contributed by atoms with Crippen molar-refractivity contribution in [2.45, 2.75) is 38.4 Å². The highest BCUT2D eigenvalue weighted by molar-refractivity contribution is 9.08. The number of benzene rings is 1. The minimum Gasteiger partial charge on any atom is -0.439 e. The molecule has 106 valence electrons. The van der Waals surface area contributed by atoms with E-state index < -0.39 is 0 Å². The van der Waals surface area contributed by atoms with Gasteiger partial charge in [0.25, 0.3) is 0 Å². The minimum atomic E-state index is 0.152. The maximum Gasteiger partial charge on any atom is 0.219 e. The van der Waals surface area contributed by atoms with E-state index in [0.29, 0.717) is 5.88 Å². The Kier molecular flexibility index (Phi) is 4.48. The van der Waals surface area contributed by atoms with E-state index in [4.69, 9.17) is 4.74 Å². The van der Waals surface area contributed by atoms with E-state index in [9.17, 15) is 0 Å². The number of halogens is 1. The zero-order valence-electron chi connectivity index (χ0n) is 12.4. The molecule has 2 aromatic rings. The average molecular weight is 334 g/mol. The van der Waals surface area contributed by atoms with E-state index >= 15 is 0 Å². The number of hydrogen-bond donors (Lipinski definition) is 0. The topological polar surface area (TPSA) is 22.1 Å². The molecule has 0 fully saturated rings. The Morgan fingerprint density at radius 3 is 2.40 bits per heavy atom. The molecule has 0 saturated carbocycles. The summed E-state index contributed by atoms with van der Waals surface area (Å²) < 4.78 is 5.85. The number of nitrogens with zero attached hydrogens (tertiary/aromatic N) is 1. The van der Waals surface area contributed by atoms with Gasteiger partial charge in [0.1, 0.15) is 5.75 Å². The fourth-order valence-corrected chi connectivity index (χ4v) is 2.23. The van der Waals surface area contributed by atoms with E-state index in [1.807, 2.05) is 24.4 Å². The van der Waals surface area contributed by atoms with Crippen LogP contribution >= 0.6 is 15.9 Å². The van der Waals surface area contributed by atoms with Crippen LogP contribution in [0.1, 0.15) is 37.5 Å². The molecule has 0 aliphatic rings. The normalized spacial score (nSPS) is 11.4. The van der Waals surface area contributed by atoms with Crippen molar-refractivity contribution in [2.75, 3.05) is 0 Å². The van der Waals surface area contributed by atoms with Crippen LogP contribution in [-0.2, 0) is 10.7 Å². The molecule has 1 heterocycles. The van der Waals surface area contributed by atoms with Gasteiger partial charge < -0.3 is 4.74 Å². The van der Waals surface area contributed by atoms with Crippen molar-refractivity contribution < 1.29 is 4.74 Å². The lowest BCUT2D eigenvalue weighted by atomic mass is 9.86. The molecule has 0 amide bonds. The first-order chi connectivity index (χ1) is 9.40. The van der Waals surface area contributed by atoms with Gasteiger partial charge in [0.2, 0.25) is 5.88 Å². The minimum absolute atomic E-state index is 0.152. The molecule has 0 bridgehead atoms. The molecular weight excluding hydrogens is 314 g/mol. The summed E-state index contributed by atoms with van der Waals surface area (Å²) in [6.07, 6.45) is 1.82. The monoisotopic (exact) mass is 333 g/mol. The van der Waals surface area contributed by atoms with Crippen LogP contribution in [0.5, 0.6) is 11.6 Å². The Morgan fingerprint density at radius 2 is 1.90 bits per heavy atom. The van der Waals surface area contributed by atoms with Gasteiger partial charge in [-0.15, -0.1) is 0 Å². The summed E-state index contributed by atoms with van der Waals surface area (Å²) in [7, 11) is 0. The molecule has 2 rings (SSSR count). The zero-order valence-corrected chi connectivity index (χ0v) is 14.0. The molecule has 0 radical (unpaired) electrons. The Morgan fingerprint density at radius 1 is 1.15 bits per heavy atom. The predicted octanol–water partition coefficient (Wildman–Crippen LogP) is 5.37. The number of alkyl halides is 1. The average Bonchev–Trinajstić information content (AvgIpc) is 2.41. The molecule has 0 atom stereocenters. The number of rotatable bonds is 3. The van der Waals surface area contributed by atoms with Crippen LogP contribution in [0.25, 0.3) is 0 Å². The number of hydrogen-bond acceptors (Lipinski definition) is 2. The fraction of sp³-hybridized carbons (Fsp3) is 0.353. The molecule has 2 nitrogen and oxygen atoms in total. The van der Waals surface area contributed by atoms with Crippen molar-refractivity contribution in [3.05, 3.63) is 53.2 Å². The van der Waals surface area contributed by atoms with Gasteiger partial charge in [0.05, 0.1) is 0 Å². The van der Waals surface area contributed by atoms with Crippen LogP contribution in [0.2, 0.25) is 0 Å². The second-order valence-electron chi connectivity index (χ2n) is 5.97. The molecule has 20 heavy (non-hydrogen) atoms. The third-order valence-corrected chi connectivity index (χ3v) is 3.85. The molecule has 3 heteroatoms. The van der Waals surface area contributed by atoms with Gasteiger partial charge in [-0.1, -0.05) is 54.9 Å². The largest absolute Gasteiger partial charge is 0.439 e. The van der Waals surface area contributed by atoms with E-state index in [-0.39, 0.29) is 5.41 Å². The van der Waals surface area contributed by atoms with Crippen molar-refractivity contribution in [1.82, 2.24) is 4.98 Å². The summed E-state index contributed by atoms with van der Waals surface area (Å²) in [5.41, 5.74) is 3.73. The third kappa shape index (κ3) is 3.60. The Bertz CT molecular complexity index is 585. The van der Waals surface area contributed by atoms with Crippen LogP contribution in [-0.4, -0.2) is 4.98 Å². The van der Waals surface area contributed by atoms with Crippen molar-refractivity contribution in [3.63, 3.8) is 0 Å². The first-order valence-electron chi connectivity index (χ1n) is 6.70.